The molecule has 0 spiro atoms. The summed E-state index contributed by atoms with van der Waals surface area (Å²) in [6.07, 6.45) is 6.53. The predicted molar refractivity (Wildman–Crippen MR) is 103 cm³/mol. The summed E-state index contributed by atoms with van der Waals surface area (Å²) >= 11 is 0. The van der Waals surface area contributed by atoms with Crippen molar-refractivity contribution in [3.05, 3.63) is 0 Å². The molecule has 2 fully saturated rings. The molecule has 0 atom stereocenters. The number of carbonyl (C=O) groups excluding carboxylic acids is 1. The standard InChI is InChI=1S/C17H33N3O2.2ClH/c1-16(2)14-20(10-11-22-16)9-8-19-15(21)12-17(13-18)6-4-3-5-7-17;;/h3-14,18H2,1-2H3,(H,19,21);2*1H. The number of halogens is 2. The Bertz CT molecular complexity index is 375. The second-order valence-corrected chi connectivity index (χ2v) is 7.68. The highest BCUT2D eigenvalue weighted by molar-refractivity contribution is 5.85. The number of nitrogens with zero attached hydrogens (tertiary/aromatic N) is 1. The lowest BCUT2D eigenvalue weighted by Gasteiger charge is -2.38. The fourth-order valence-corrected chi connectivity index (χ4v) is 3.82. The minimum atomic E-state index is -0.0754. The molecule has 0 bridgehead atoms. The molecule has 1 aliphatic heterocycles. The molecule has 0 aromatic rings. The van der Waals surface area contributed by atoms with E-state index in [9.17, 15) is 4.79 Å². The maximum Gasteiger partial charge on any atom is 0.220 e. The topological polar surface area (TPSA) is 67.6 Å². The highest BCUT2D eigenvalue weighted by Crippen LogP contribution is 2.38. The number of hydrogen-bond donors (Lipinski definition) is 2. The molecule has 7 heteroatoms. The third-order valence-corrected chi connectivity index (χ3v) is 5.14. The third-order valence-electron chi connectivity index (χ3n) is 5.14. The van der Waals surface area contributed by atoms with Gasteiger partial charge < -0.3 is 15.8 Å². The molecule has 1 heterocycles. The van der Waals surface area contributed by atoms with Crippen molar-refractivity contribution in [2.75, 3.05) is 39.3 Å². The van der Waals surface area contributed by atoms with Crippen LogP contribution in [-0.2, 0) is 9.53 Å². The summed E-state index contributed by atoms with van der Waals surface area (Å²) in [6, 6.07) is 0. The third kappa shape index (κ3) is 7.44. The first-order chi connectivity index (χ1) is 10.4. The molecule has 0 radical (unpaired) electrons. The number of hydrogen-bond acceptors (Lipinski definition) is 4. The minimum absolute atomic E-state index is 0. The highest BCUT2D eigenvalue weighted by atomic mass is 35.5. The fourth-order valence-electron chi connectivity index (χ4n) is 3.82. The van der Waals surface area contributed by atoms with E-state index < -0.39 is 0 Å². The summed E-state index contributed by atoms with van der Waals surface area (Å²) in [7, 11) is 0. The molecule has 5 nitrogen and oxygen atoms in total. The van der Waals surface area contributed by atoms with Gasteiger partial charge in [-0.3, -0.25) is 9.69 Å². The normalized spacial score (nSPS) is 22.8. The Morgan fingerprint density at radius 3 is 2.46 bits per heavy atom. The van der Waals surface area contributed by atoms with Gasteiger partial charge >= 0.3 is 0 Å². The van der Waals surface area contributed by atoms with Crippen molar-refractivity contribution in [1.82, 2.24) is 10.2 Å². The van der Waals surface area contributed by atoms with Crippen LogP contribution in [0.2, 0.25) is 0 Å². The van der Waals surface area contributed by atoms with Crippen molar-refractivity contribution in [3.63, 3.8) is 0 Å². The van der Waals surface area contributed by atoms with Crippen molar-refractivity contribution >= 4 is 30.7 Å². The maximum atomic E-state index is 12.2. The van der Waals surface area contributed by atoms with E-state index in [1.807, 2.05) is 0 Å². The zero-order chi connectivity index (χ0) is 16.1. The van der Waals surface area contributed by atoms with Gasteiger partial charge in [0.05, 0.1) is 12.2 Å². The maximum absolute atomic E-state index is 12.2. The lowest BCUT2D eigenvalue weighted by molar-refractivity contribution is -0.124. The zero-order valence-electron chi connectivity index (χ0n) is 15.1. The Hall–Kier alpha value is -0.0700. The summed E-state index contributed by atoms with van der Waals surface area (Å²) in [5.41, 5.74) is 5.94. The van der Waals surface area contributed by atoms with E-state index >= 15 is 0 Å². The molecule has 0 aromatic carbocycles. The van der Waals surface area contributed by atoms with Crippen molar-refractivity contribution in [2.45, 2.75) is 58.0 Å². The molecule has 2 rings (SSSR count). The van der Waals surface area contributed by atoms with Gasteiger partial charge in [0, 0.05) is 32.6 Å². The van der Waals surface area contributed by atoms with Gasteiger partial charge in [0.25, 0.3) is 0 Å². The van der Waals surface area contributed by atoms with Gasteiger partial charge in [0.15, 0.2) is 0 Å². The number of amides is 1. The van der Waals surface area contributed by atoms with Gasteiger partial charge in [-0.15, -0.1) is 24.8 Å². The zero-order valence-corrected chi connectivity index (χ0v) is 16.8. The molecule has 24 heavy (non-hydrogen) atoms. The summed E-state index contributed by atoms with van der Waals surface area (Å²) < 4.78 is 5.71. The van der Waals surface area contributed by atoms with Gasteiger partial charge in [-0.2, -0.15) is 0 Å². The number of carbonyl (C=O) groups is 1. The van der Waals surface area contributed by atoms with Crippen molar-refractivity contribution < 1.29 is 9.53 Å². The molecule has 144 valence electrons. The monoisotopic (exact) mass is 383 g/mol. The van der Waals surface area contributed by atoms with E-state index in [-0.39, 0.29) is 41.7 Å². The quantitative estimate of drug-likeness (QED) is 0.738. The molecule has 1 amide bonds. The van der Waals surface area contributed by atoms with E-state index in [2.05, 4.69) is 24.1 Å². The highest BCUT2D eigenvalue weighted by Gasteiger charge is 2.33. The average Bonchev–Trinajstić information content (AvgIpc) is 2.47. The van der Waals surface area contributed by atoms with Gasteiger partial charge in [-0.1, -0.05) is 19.3 Å². The average molecular weight is 384 g/mol. The van der Waals surface area contributed by atoms with Crippen LogP contribution in [0.1, 0.15) is 52.4 Å². The number of ether oxygens (including phenoxy) is 1. The van der Waals surface area contributed by atoms with Crippen molar-refractivity contribution in [1.29, 1.82) is 0 Å². The van der Waals surface area contributed by atoms with Crippen LogP contribution in [0.5, 0.6) is 0 Å². The molecule has 1 saturated carbocycles. The van der Waals surface area contributed by atoms with Gasteiger partial charge in [-0.25, -0.2) is 0 Å². The first-order valence-electron chi connectivity index (χ1n) is 8.78. The Balaban J connectivity index is 0.00000264. The van der Waals surface area contributed by atoms with Crippen LogP contribution in [0.25, 0.3) is 0 Å². The fraction of sp³-hybridized carbons (Fsp3) is 0.941. The summed E-state index contributed by atoms with van der Waals surface area (Å²) in [5, 5.41) is 3.09. The second-order valence-electron chi connectivity index (χ2n) is 7.68. The first-order valence-corrected chi connectivity index (χ1v) is 8.78. The Morgan fingerprint density at radius 2 is 1.88 bits per heavy atom. The van der Waals surface area contributed by atoms with Crippen LogP contribution in [-0.4, -0.2) is 55.7 Å². The minimum Gasteiger partial charge on any atom is -0.373 e. The number of rotatable bonds is 6. The van der Waals surface area contributed by atoms with Crippen LogP contribution in [0.3, 0.4) is 0 Å². The first kappa shape index (κ1) is 23.9. The molecule has 1 aliphatic carbocycles. The second kappa shape index (κ2) is 10.8. The summed E-state index contributed by atoms with van der Waals surface area (Å²) in [5.74, 6) is 0.167. The Kier molecular flexibility index (Phi) is 10.8. The lowest BCUT2D eigenvalue weighted by atomic mass is 9.71. The van der Waals surface area contributed by atoms with Crippen LogP contribution in [0, 0.1) is 5.41 Å². The van der Waals surface area contributed by atoms with Gasteiger partial charge in [-0.05, 0) is 38.6 Å². The molecular weight excluding hydrogens is 349 g/mol. The summed E-state index contributed by atoms with van der Waals surface area (Å²) in [4.78, 5) is 14.6. The summed E-state index contributed by atoms with van der Waals surface area (Å²) in [6.45, 7) is 9.14. The van der Waals surface area contributed by atoms with E-state index in [1.165, 1.54) is 19.3 Å². The predicted octanol–water partition coefficient (Wildman–Crippen LogP) is 2.36. The molecule has 0 aromatic heterocycles. The molecular formula is C17H35Cl2N3O2. The number of nitrogens with two attached hydrogens (primary N) is 1. The molecule has 3 N–H and O–H groups in total. The smallest absolute Gasteiger partial charge is 0.220 e. The van der Waals surface area contributed by atoms with Gasteiger partial charge in [0.2, 0.25) is 5.91 Å². The number of morpholine rings is 1. The SMILES string of the molecule is CC1(C)CN(CCNC(=O)CC2(CN)CCCCC2)CCO1.Cl.Cl. The van der Waals surface area contributed by atoms with E-state index in [0.717, 1.165) is 45.6 Å². The van der Waals surface area contributed by atoms with E-state index in [4.69, 9.17) is 10.5 Å². The van der Waals surface area contributed by atoms with E-state index in [1.54, 1.807) is 0 Å². The van der Waals surface area contributed by atoms with Crippen molar-refractivity contribution in [3.8, 4) is 0 Å². The van der Waals surface area contributed by atoms with Crippen LogP contribution in [0.15, 0.2) is 0 Å². The molecule has 2 aliphatic rings. The van der Waals surface area contributed by atoms with Gasteiger partial charge in [0.1, 0.15) is 0 Å². The largest absolute Gasteiger partial charge is 0.373 e. The van der Waals surface area contributed by atoms with E-state index in [0.29, 0.717) is 13.0 Å². The van der Waals surface area contributed by atoms with Crippen LogP contribution in [0.4, 0.5) is 0 Å². The lowest BCUT2D eigenvalue weighted by Crippen LogP contribution is -2.50. The Morgan fingerprint density at radius 1 is 1.21 bits per heavy atom. The number of nitrogens with one attached hydrogen (secondary N) is 1. The Labute approximate surface area is 159 Å². The van der Waals surface area contributed by atoms with Crippen molar-refractivity contribution in [2.24, 2.45) is 11.1 Å². The molecule has 0 unspecified atom stereocenters. The molecule has 1 saturated heterocycles. The van der Waals surface area contributed by atoms with Crippen LogP contribution >= 0.6 is 24.8 Å². The van der Waals surface area contributed by atoms with Crippen LogP contribution < -0.4 is 11.1 Å².